The van der Waals surface area contributed by atoms with Crippen molar-refractivity contribution in [3.05, 3.63) is 41.5 Å². The third kappa shape index (κ3) is 3.94. The number of aryl methyl sites for hydroxylation is 1. The Morgan fingerprint density at radius 1 is 1.00 bits per heavy atom. The quantitative estimate of drug-likeness (QED) is 0.540. The number of fused-ring (bicyclic) bond motifs is 1. The summed E-state index contributed by atoms with van der Waals surface area (Å²) in [5.41, 5.74) is 2.96. The van der Waals surface area contributed by atoms with Crippen LogP contribution in [0.2, 0.25) is 0 Å². The zero-order valence-corrected chi connectivity index (χ0v) is 19.2. The highest BCUT2D eigenvalue weighted by Gasteiger charge is 2.47. The van der Waals surface area contributed by atoms with Crippen LogP contribution < -0.4 is 14.2 Å². The van der Waals surface area contributed by atoms with E-state index in [9.17, 15) is 9.59 Å². The molecule has 1 fully saturated rings. The Bertz CT molecular complexity index is 1030. The maximum atomic E-state index is 12.8. The number of carbonyl (C=O) groups excluding carboxylic acids is 2. The van der Waals surface area contributed by atoms with Gasteiger partial charge in [-0.05, 0) is 56.4 Å². The van der Waals surface area contributed by atoms with Gasteiger partial charge in [-0.1, -0.05) is 24.6 Å². The Kier molecular flexibility index (Phi) is 6.13. The Morgan fingerprint density at radius 3 is 2.38 bits per heavy atom. The molecule has 0 radical (unpaired) electrons. The Morgan fingerprint density at radius 2 is 1.75 bits per heavy atom. The molecule has 2 aliphatic carbocycles. The first-order valence-electron chi connectivity index (χ1n) is 11.1. The average molecular weight is 439 g/mol. The first kappa shape index (κ1) is 22.2. The molecule has 4 rings (SSSR count). The van der Waals surface area contributed by atoms with E-state index in [4.69, 9.17) is 18.9 Å². The van der Waals surface area contributed by atoms with Crippen molar-refractivity contribution in [2.75, 3.05) is 20.8 Å². The van der Waals surface area contributed by atoms with Crippen LogP contribution >= 0.6 is 0 Å². The number of ether oxygens (including phenoxy) is 4. The minimum Gasteiger partial charge on any atom is -0.493 e. The summed E-state index contributed by atoms with van der Waals surface area (Å²) in [5.74, 6) is 1.53. The average Bonchev–Trinajstić information content (AvgIpc) is 3.11. The molecule has 1 saturated carbocycles. The predicted molar refractivity (Wildman–Crippen MR) is 121 cm³/mol. The molecule has 2 aromatic rings. The van der Waals surface area contributed by atoms with Crippen LogP contribution in [0.1, 0.15) is 55.5 Å². The summed E-state index contributed by atoms with van der Waals surface area (Å²) < 4.78 is 23.0. The molecular formula is C26H30O6. The number of esters is 1. The highest BCUT2D eigenvalue weighted by atomic mass is 16.6. The van der Waals surface area contributed by atoms with Crippen LogP contribution in [0.4, 0.5) is 0 Å². The number of methoxy groups -OCH3 is 2. The predicted octanol–water partition coefficient (Wildman–Crippen LogP) is 5.00. The normalized spacial score (nSPS) is 16.3. The smallest absolute Gasteiger partial charge is 0.315 e. The third-order valence-corrected chi connectivity index (χ3v) is 6.42. The first-order chi connectivity index (χ1) is 15.4. The lowest BCUT2D eigenvalue weighted by Crippen LogP contribution is -2.45. The number of Topliss-reactive ketones (excluding diaryl/α,β-unsaturated/α-hetero) is 1. The van der Waals surface area contributed by atoms with E-state index in [1.807, 2.05) is 44.2 Å². The van der Waals surface area contributed by atoms with Crippen molar-refractivity contribution in [2.24, 2.45) is 5.41 Å². The number of hydrogen-bond acceptors (Lipinski definition) is 6. The number of rotatable bonds is 8. The van der Waals surface area contributed by atoms with Gasteiger partial charge in [-0.15, -0.1) is 0 Å². The Hall–Kier alpha value is -3.02. The summed E-state index contributed by atoms with van der Waals surface area (Å²) in [6.45, 7) is 3.92. The fraction of sp³-hybridized carbons (Fsp3) is 0.462. The van der Waals surface area contributed by atoms with Crippen molar-refractivity contribution in [1.82, 2.24) is 0 Å². The van der Waals surface area contributed by atoms with E-state index in [0.29, 0.717) is 23.7 Å². The summed E-state index contributed by atoms with van der Waals surface area (Å²) in [7, 11) is 3.15. The zero-order chi connectivity index (χ0) is 22.9. The molecule has 0 N–H and O–H groups in total. The maximum absolute atomic E-state index is 12.8. The minimum atomic E-state index is -0.639. The second-order valence-electron chi connectivity index (χ2n) is 8.85. The fourth-order valence-electron chi connectivity index (χ4n) is 4.45. The van der Waals surface area contributed by atoms with Gasteiger partial charge in [0.25, 0.3) is 0 Å². The van der Waals surface area contributed by atoms with Gasteiger partial charge >= 0.3 is 5.97 Å². The molecule has 0 spiro atoms. The van der Waals surface area contributed by atoms with Crippen molar-refractivity contribution in [2.45, 2.75) is 52.1 Å². The molecule has 0 atom stereocenters. The summed E-state index contributed by atoms with van der Waals surface area (Å²) in [6, 6.07) is 9.62. The van der Waals surface area contributed by atoms with Crippen LogP contribution in [0.15, 0.2) is 30.3 Å². The van der Waals surface area contributed by atoms with Crippen LogP contribution in [0.25, 0.3) is 11.1 Å². The topological polar surface area (TPSA) is 71.1 Å². The molecular weight excluding hydrogens is 408 g/mol. The maximum Gasteiger partial charge on any atom is 0.315 e. The van der Waals surface area contributed by atoms with Crippen molar-refractivity contribution in [3.63, 3.8) is 0 Å². The number of benzene rings is 2. The van der Waals surface area contributed by atoms with Crippen molar-refractivity contribution < 1.29 is 28.5 Å². The second-order valence-corrected chi connectivity index (χ2v) is 8.85. The number of carbonyl (C=O) groups is 2. The third-order valence-electron chi connectivity index (χ3n) is 6.42. The van der Waals surface area contributed by atoms with Gasteiger partial charge in [0.05, 0.1) is 20.3 Å². The number of ketones is 1. The largest absolute Gasteiger partial charge is 0.493 e. The highest BCUT2D eigenvalue weighted by molar-refractivity contribution is 6.01. The Balaban J connectivity index is 1.70. The molecule has 0 heterocycles. The van der Waals surface area contributed by atoms with Gasteiger partial charge < -0.3 is 18.9 Å². The van der Waals surface area contributed by atoms with Crippen LogP contribution in [-0.2, 0) is 16.0 Å². The molecule has 2 aliphatic rings. The molecule has 0 unspecified atom stereocenters. The van der Waals surface area contributed by atoms with Crippen molar-refractivity contribution in [1.29, 1.82) is 0 Å². The number of hydrogen-bond donors (Lipinski definition) is 0. The van der Waals surface area contributed by atoms with Gasteiger partial charge in [-0.2, -0.15) is 0 Å². The van der Waals surface area contributed by atoms with E-state index >= 15 is 0 Å². The summed E-state index contributed by atoms with van der Waals surface area (Å²) in [5, 5.41) is 0. The molecule has 170 valence electrons. The Labute approximate surface area is 188 Å². The van der Waals surface area contributed by atoms with Crippen LogP contribution in [0, 0.1) is 5.41 Å². The van der Waals surface area contributed by atoms with Crippen molar-refractivity contribution in [3.8, 4) is 28.4 Å². The lowest BCUT2D eigenvalue weighted by atomic mass is 9.69. The van der Waals surface area contributed by atoms with Crippen LogP contribution in [0.5, 0.6) is 17.2 Å². The molecule has 0 saturated heterocycles. The van der Waals surface area contributed by atoms with Gasteiger partial charge in [0, 0.05) is 17.5 Å². The lowest BCUT2D eigenvalue weighted by Gasteiger charge is -2.39. The van der Waals surface area contributed by atoms with Crippen LogP contribution in [0.3, 0.4) is 0 Å². The van der Waals surface area contributed by atoms with Crippen molar-refractivity contribution >= 4 is 11.8 Å². The molecule has 0 aromatic heterocycles. The van der Waals surface area contributed by atoms with E-state index < -0.39 is 5.41 Å². The van der Waals surface area contributed by atoms with Gasteiger partial charge in [0.1, 0.15) is 12.0 Å². The van der Waals surface area contributed by atoms with Gasteiger partial charge in [0.15, 0.2) is 17.3 Å². The standard InChI is InChI=1S/C26H30O6/c1-16(2)32-25(28)26(12-5-13-26)15-31-23-20(9-11-22(29-3)24(23)30-4)18-6-8-19-17(14-18)7-10-21(19)27/h6,8-9,11,14,16H,5,7,10,12-13,15H2,1-4H3. The molecule has 0 amide bonds. The summed E-state index contributed by atoms with van der Waals surface area (Å²) in [6.07, 6.45) is 3.57. The molecule has 0 bridgehead atoms. The van der Waals surface area contributed by atoms with E-state index in [1.165, 1.54) is 0 Å². The van der Waals surface area contributed by atoms with Gasteiger partial charge in [0.2, 0.25) is 5.75 Å². The van der Waals surface area contributed by atoms with Crippen LogP contribution in [-0.4, -0.2) is 38.7 Å². The molecule has 2 aromatic carbocycles. The summed E-state index contributed by atoms with van der Waals surface area (Å²) >= 11 is 0. The van der Waals surface area contributed by atoms with E-state index in [2.05, 4.69) is 0 Å². The first-order valence-corrected chi connectivity index (χ1v) is 11.1. The van der Waals surface area contributed by atoms with E-state index in [0.717, 1.165) is 47.9 Å². The SMILES string of the molecule is COc1ccc(-c2ccc3c(c2)CCC3=O)c(OCC2(C(=O)OC(C)C)CCC2)c1OC. The monoisotopic (exact) mass is 438 g/mol. The van der Waals surface area contributed by atoms with E-state index in [1.54, 1.807) is 14.2 Å². The lowest BCUT2D eigenvalue weighted by molar-refractivity contribution is -0.168. The zero-order valence-electron chi connectivity index (χ0n) is 19.2. The molecule has 0 aliphatic heterocycles. The molecule has 32 heavy (non-hydrogen) atoms. The van der Waals surface area contributed by atoms with Gasteiger partial charge in [-0.3, -0.25) is 9.59 Å². The highest BCUT2D eigenvalue weighted by Crippen LogP contribution is 2.48. The summed E-state index contributed by atoms with van der Waals surface area (Å²) in [4.78, 5) is 24.8. The van der Waals surface area contributed by atoms with E-state index in [-0.39, 0.29) is 24.5 Å². The fourth-order valence-corrected chi connectivity index (χ4v) is 4.45. The molecule has 6 heteroatoms. The van der Waals surface area contributed by atoms with Gasteiger partial charge in [-0.25, -0.2) is 0 Å². The minimum absolute atomic E-state index is 0.170. The molecule has 6 nitrogen and oxygen atoms in total. The second kappa shape index (κ2) is 8.85.